The number of carbonyl (C=O) groups is 1. The molecule has 202 valence electrons. The zero-order chi connectivity index (χ0) is 26.5. The number of para-hydroxylation sites is 1. The number of hydrogen-bond donors (Lipinski definition) is 2. The van der Waals surface area contributed by atoms with Crippen molar-refractivity contribution in [1.29, 1.82) is 0 Å². The van der Waals surface area contributed by atoms with Gasteiger partial charge in [0.1, 0.15) is 23.7 Å². The van der Waals surface area contributed by atoms with E-state index in [4.69, 9.17) is 21.2 Å². The molecule has 0 saturated carbocycles. The van der Waals surface area contributed by atoms with Crippen molar-refractivity contribution in [3.05, 3.63) is 90.3 Å². The van der Waals surface area contributed by atoms with E-state index in [0.717, 1.165) is 65.1 Å². The zero-order valence-corrected chi connectivity index (χ0v) is 22.7. The van der Waals surface area contributed by atoms with E-state index in [9.17, 15) is 4.79 Å². The standard InChI is InChI=1S/C30H32N6O2.ClH/c1-2-26-34-27-28(36(26)18-10-9-17-35(30(32)37)22-13-7-4-8-14-22)24-19-23(15-16-25(24)33-29(27)31)38-20-21-11-5-3-6-12-21;/h3-8,11-16,19H,2,9-10,17-18,20H2,1H3,(H2,31,33)(H2,32,37);1H. The van der Waals surface area contributed by atoms with Crippen molar-refractivity contribution in [3.63, 3.8) is 0 Å². The van der Waals surface area contributed by atoms with Crippen LogP contribution in [-0.4, -0.2) is 27.1 Å². The Hall–Kier alpha value is -4.30. The van der Waals surface area contributed by atoms with Crippen LogP contribution in [0.2, 0.25) is 0 Å². The average molecular weight is 545 g/mol. The van der Waals surface area contributed by atoms with Gasteiger partial charge in [-0.2, -0.15) is 0 Å². The van der Waals surface area contributed by atoms with Gasteiger partial charge in [0.05, 0.1) is 11.0 Å². The highest BCUT2D eigenvalue weighted by Crippen LogP contribution is 2.32. The molecule has 8 nitrogen and oxygen atoms in total. The third-order valence-corrected chi connectivity index (χ3v) is 6.67. The molecule has 0 aliphatic rings. The Labute approximate surface area is 234 Å². The van der Waals surface area contributed by atoms with Crippen LogP contribution in [0, 0.1) is 0 Å². The molecule has 0 aliphatic carbocycles. The molecule has 0 spiro atoms. The topological polar surface area (TPSA) is 112 Å². The number of aryl methyl sites for hydroxylation is 2. The van der Waals surface area contributed by atoms with E-state index in [-0.39, 0.29) is 12.4 Å². The van der Waals surface area contributed by atoms with E-state index in [2.05, 4.69) is 16.5 Å². The number of nitrogen functional groups attached to an aromatic ring is 1. The smallest absolute Gasteiger partial charge is 0.319 e. The predicted molar refractivity (Wildman–Crippen MR) is 159 cm³/mol. The molecule has 4 N–H and O–H groups in total. The average Bonchev–Trinajstić information content (AvgIpc) is 3.32. The number of pyridine rings is 1. The summed E-state index contributed by atoms with van der Waals surface area (Å²) in [6, 6.07) is 25.0. The van der Waals surface area contributed by atoms with Gasteiger partial charge in [0, 0.05) is 30.6 Å². The van der Waals surface area contributed by atoms with Gasteiger partial charge in [-0.05, 0) is 48.7 Å². The Morgan fingerprint density at radius 1 is 0.974 bits per heavy atom. The van der Waals surface area contributed by atoms with Crippen molar-refractivity contribution < 1.29 is 9.53 Å². The highest BCUT2D eigenvalue weighted by atomic mass is 35.5. The second-order valence-electron chi connectivity index (χ2n) is 9.21. The molecule has 0 saturated heterocycles. The minimum atomic E-state index is -0.452. The van der Waals surface area contributed by atoms with E-state index in [1.165, 1.54) is 0 Å². The molecule has 3 aromatic carbocycles. The normalized spacial score (nSPS) is 10.9. The van der Waals surface area contributed by atoms with Gasteiger partial charge < -0.3 is 20.8 Å². The molecule has 5 aromatic rings. The van der Waals surface area contributed by atoms with Crippen LogP contribution in [0.4, 0.5) is 16.3 Å². The van der Waals surface area contributed by atoms with Gasteiger partial charge in [0.25, 0.3) is 0 Å². The quantitative estimate of drug-likeness (QED) is 0.206. The highest BCUT2D eigenvalue weighted by molar-refractivity contribution is 6.07. The largest absolute Gasteiger partial charge is 0.489 e. The molecular formula is C30H33ClN6O2. The first kappa shape index (κ1) is 27.7. The van der Waals surface area contributed by atoms with Crippen LogP contribution in [0.3, 0.4) is 0 Å². The monoisotopic (exact) mass is 544 g/mol. The van der Waals surface area contributed by atoms with Gasteiger partial charge in [0.15, 0.2) is 5.82 Å². The van der Waals surface area contributed by atoms with Crippen molar-refractivity contribution in [2.75, 3.05) is 17.2 Å². The summed E-state index contributed by atoms with van der Waals surface area (Å²) in [4.78, 5) is 23.1. The van der Waals surface area contributed by atoms with Gasteiger partial charge in [0.2, 0.25) is 0 Å². The number of ether oxygens (including phenoxy) is 1. The molecule has 0 atom stereocenters. The van der Waals surface area contributed by atoms with Crippen LogP contribution in [0.25, 0.3) is 21.9 Å². The molecule has 39 heavy (non-hydrogen) atoms. The van der Waals surface area contributed by atoms with Crippen molar-refractivity contribution >= 4 is 51.9 Å². The van der Waals surface area contributed by atoms with E-state index >= 15 is 0 Å². The summed E-state index contributed by atoms with van der Waals surface area (Å²) < 4.78 is 8.33. The fourth-order valence-corrected chi connectivity index (χ4v) is 4.79. The summed E-state index contributed by atoms with van der Waals surface area (Å²) in [7, 11) is 0. The van der Waals surface area contributed by atoms with E-state index < -0.39 is 6.03 Å². The Morgan fingerprint density at radius 2 is 1.69 bits per heavy atom. The number of hydrogen-bond acceptors (Lipinski definition) is 5. The lowest BCUT2D eigenvalue weighted by Gasteiger charge is -2.20. The number of imidazole rings is 1. The second kappa shape index (κ2) is 12.5. The van der Waals surface area contributed by atoms with Crippen LogP contribution in [0.1, 0.15) is 31.2 Å². The van der Waals surface area contributed by atoms with Crippen molar-refractivity contribution in [2.24, 2.45) is 5.73 Å². The van der Waals surface area contributed by atoms with Crippen LogP contribution < -0.4 is 21.1 Å². The van der Waals surface area contributed by atoms with E-state index in [1.54, 1.807) is 4.90 Å². The molecule has 0 bridgehead atoms. The number of nitrogens with zero attached hydrogens (tertiary/aromatic N) is 4. The molecule has 2 amide bonds. The summed E-state index contributed by atoms with van der Waals surface area (Å²) in [5.74, 6) is 2.13. The van der Waals surface area contributed by atoms with Crippen LogP contribution in [0.15, 0.2) is 78.9 Å². The first-order valence-electron chi connectivity index (χ1n) is 12.9. The van der Waals surface area contributed by atoms with Gasteiger partial charge in [-0.15, -0.1) is 12.4 Å². The van der Waals surface area contributed by atoms with Crippen molar-refractivity contribution in [3.8, 4) is 5.75 Å². The fraction of sp³-hybridized carbons (Fsp3) is 0.233. The number of urea groups is 1. The number of rotatable bonds is 10. The van der Waals surface area contributed by atoms with Crippen LogP contribution in [0.5, 0.6) is 5.75 Å². The molecule has 0 radical (unpaired) electrons. The number of nitrogens with two attached hydrogens (primary N) is 2. The number of aromatic nitrogens is 3. The number of halogens is 1. The Morgan fingerprint density at radius 3 is 2.38 bits per heavy atom. The summed E-state index contributed by atoms with van der Waals surface area (Å²) in [6.07, 6.45) is 2.38. The maximum atomic E-state index is 12.1. The fourth-order valence-electron chi connectivity index (χ4n) is 4.79. The number of amides is 2. The lowest BCUT2D eigenvalue weighted by Crippen LogP contribution is -2.36. The first-order chi connectivity index (χ1) is 18.5. The van der Waals surface area contributed by atoms with Crippen molar-refractivity contribution in [2.45, 2.75) is 39.3 Å². The van der Waals surface area contributed by atoms with E-state index in [1.807, 2.05) is 78.9 Å². The van der Waals surface area contributed by atoms with Gasteiger partial charge in [-0.1, -0.05) is 55.5 Å². The number of benzene rings is 3. The predicted octanol–water partition coefficient (Wildman–Crippen LogP) is 6.10. The Kier molecular flexibility index (Phi) is 8.88. The van der Waals surface area contributed by atoms with E-state index in [0.29, 0.717) is 24.5 Å². The SMILES string of the molecule is CCc1nc2c(N)nc3ccc(OCc4ccccc4)cc3c2n1CCCCN(C(N)=O)c1ccccc1.Cl. The maximum Gasteiger partial charge on any atom is 0.319 e. The minimum absolute atomic E-state index is 0. The molecule has 0 unspecified atom stereocenters. The summed E-state index contributed by atoms with van der Waals surface area (Å²) in [6.45, 7) is 3.83. The minimum Gasteiger partial charge on any atom is -0.489 e. The number of anilines is 2. The molecule has 0 fully saturated rings. The Bertz CT molecular complexity index is 1560. The summed E-state index contributed by atoms with van der Waals surface area (Å²) in [5.41, 5.74) is 16.4. The third kappa shape index (κ3) is 6.07. The maximum absolute atomic E-state index is 12.1. The number of unbranched alkanes of at least 4 members (excludes halogenated alkanes) is 1. The highest BCUT2D eigenvalue weighted by Gasteiger charge is 2.18. The number of primary amides is 1. The number of fused-ring (bicyclic) bond motifs is 3. The summed E-state index contributed by atoms with van der Waals surface area (Å²) >= 11 is 0. The van der Waals surface area contributed by atoms with Crippen LogP contribution >= 0.6 is 12.4 Å². The summed E-state index contributed by atoms with van der Waals surface area (Å²) in [5, 5.41) is 0.954. The third-order valence-electron chi connectivity index (χ3n) is 6.67. The van der Waals surface area contributed by atoms with Crippen LogP contribution in [-0.2, 0) is 19.6 Å². The first-order valence-corrected chi connectivity index (χ1v) is 12.9. The molecule has 9 heteroatoms. The molecule has 0 aliphatic heterocycles. The molecule has 2 heterocycles. The van der Waals surface area contributed by atoms with Gasteiger partial charge in [-0.3, -0.25) is 4.90 Å². The van der Waals surface area contributed by atoms with Crippen molar-refractivity contribution in [1.82, 2.24) is 14.5 Å². The van der Waals surface area contributed by atoms with Gasteiger partial charge in [-0.25, -0.2) is 14.8 Å². The molecule has 5 rings (SSSR count). The molecule has 2 aromatic heterocycles. The Balaban J connectivity index is 0.00000353. The lowest BCUT2D eigenvalue weighted by molar-refractivity contribution is 0.253. The second-order valence-corrected chi connectivity index (χ2v) is 9.21. The zero-order valence-electron chi connectivity index (χ0n) is 21.9. The van der Waals surface area contributed by atoms with Gasteiger partial charge >= 0.3 is 6.03 Å². The number of carbonyl (C=O) groups excluding carboxylic acids is 1. The molecular weight excluding hydrogens is 512 g/mol. The lowest BCUT2D eigenvalue weighted by atomic mass is 10.1.